The van der Waals surface area contributed by atoms with Crippen LogP contribution in [0.25, 0.3) is 0 Å². The lowest BCUT2D eigenvalue weighted by molar-refractivity contribution is 0.625. The number of rotatable bonds is 3. The Morgan fingerprint density at radius 1 is 1.21 bits per heavy atom. The number of aromatic nitrogens is 2. The summed E-state index contributed by atoms with van der Waals surface area (Å²) in [4.78, 5) is 8.62. The molecule has 4 N–H and O–H groups in total. The summed E-state index contributed by atoms with van der Waals surface area (Å²) in [5.74, 6) is 1.20. The fourth-order valence-corrected chi connectivity index (χ4v) is 2.31. The van der Waals surface area contributed by atoms with E-state index in [9.17, 15) is 0 Å². The first-order valence-electron chi connectivity index (χ1n) is 6.47. The fourth-order valence-electron chi connectivity index (χ4n) is 2.31. The molecule has 1 aromatic heterocycles. The van der Waals surface area contributed by atoms with Gasteiger partial charge in [0, 0.05) is 18.7 Å². The standard InChI is InChI=1S/C14H17N5/c15-14-18-12-9-16-7-6-11(12)13(19-14)17-8-10-4-2-1-3-5-10/h1-5,16H,6-9H2,(H3,15,17,18,19). The van der Waals surface area contributed by atoms with Gasteiger partial charge in [0.15, 0.2) is 0 Å². The van der Waals surface area contributed by atoms with E-state index in [0.717, 1.165) is 37.6 Å². The minimum Gasteiger partial charge on any atom is -0.368 e. The first kappa shape index (κ1) is 11.9. The Morgan fingerprint density at radius 3 is 2.89 bits per heavy atom. The average Bonchev–Trinajstić information content (AvgIpc) is 2.45. The lowest BCUT2D eigenvalue weighted by atomic mass is 10.1. The van der Waals surface area contributed by atoms with Gasteiger partial charge < -0.3 is 16.4 Å². The van der Waals surface area contributed by atoms with E-state index in [1.807, 2.05) is 18.2 Å². The molecule has 0 aliphatic carbocycles. The zero-order valence-electron chi connectivity index (χ0n) is 10.7. The van der Waals surface area contributed by atoms with Crippen molar-refractivity contribution in [3.63, 3.8) is 0 Å². The molecule has 5 nitrogen and oxygen atoms in total. The van der Waals surface area contributed by atoms with Crippen molar-refractivity contribution in [2.75, 3.05) is 17.6 Å². The highest BCUT2D eigenvalue weighted by atomic mass is 15.1. The number of benzene rings is 1. The molecule has 2 aromatic rings. The smallest absolute Gasteiger partial charge is 0.222 e. The summed E-state index contributed by atoms with van der Waals surface area (Å²) >= 11 is 0. The van der Waals surface area contributed by atoms with Gasteiger partial charge in [-0.25, -0.2) is 4.98 Å². The van der Waals surface area contributed by atoms with Crippen molar-refractivity contribution < 1.29 is 0 Å². The van der Waals surface area contributed by atoms with Crippen molar-refractivity contribution in [3.05, 3.63) is 47.2 Å². The van der Waals surface area contributed by atoms with E-state index in [1.54, 1.807) is 0 Å². The predicted molar refractivity (Wildman–Crippen MR) is 75.6 cm³/mol. The van der Waals surface area contributed by atoms with E-state index in [0.29, 0.717) is 5.95 Å². The first-order valence-corrected chi connectivity index (χ1v) is 6.47. The van der Waals surface area contributed by atoms with Gasteiger partial charge in [-0.15, -0.1) is 0 Å². The summed E-state index contributed by atoms with van der Waals surface area (Å²) in [6.07, 6.45) is 0.937. The lowest BCUT2D eigenvalue weighted by Crippen LogP contribution is -2.26. The van der Waals surface area contributed by atoms with Crippen LogP contribution < -0.4 is 16.4 Å². The summed E-state index contributed by atoms with van der Waals surface area (Å²) in [5, 5.41) is 6.67. The molecule has 1 aromatic carbocycles. The fraction of sp³-hybridized carbons (Fsp3) is 0.286. The highest BCUT2D eigenvalue weighted by molar-refractivity contribution is 5.51. The number of fused-ring (bicyclic) bond motifs is 1. The molecule has 98 valence electrons. The molecule has 0 bridgehead atoms. The van der Waals surface area contributed by atoms with Crippen LogP contribution in [0.4, 0.5) is 11.8 Å². The number of anilines is 2. The monoisotopic (exact) mass is 255 g/mol. The van der Waals surface area contributed by atoms with E-state index < -0.39 is 0 Å². The van der Waals surface area contributed by atoms with Gasteiger partial charge in [-0.2, -0.15) is 4.98 Å². The van der Waals surface area contributed by atoms with E-state index in [1.165, 1.54) is 11.1 Å². The van der Waals surface area contributed by atoms with Crippen molar-refractivity contribution in [2.24, 2.45) is 0 Å². The van der Waals surface area contributed by atoms with Crippen LogP contribution in [0, 0.1) is 0 Å². The number of hydrogen-bond donors (Lipinski definition) is 3. The van der Waals surface area contributed by atoms with Gasteiger partial charge in [0.2, 0.25) is 5.95 Å². The maximum Gasteiger partial charge on any atom is 0.222 e. The van der Waals surface area contributed by atoms with Crippen molar-refractivity contribution in [2.45, 2.75) is 19.5 Å². The molecule has 0 unspecified atom stereocenters. The Balaban J connectivity index is 1.82. The molecule has 1 aliphatic rings. The van der Waals surface area contributed by atoms with Gasteiger partial charge in [0.25, 0.3) is 0 Å². The van der Waals surface area contributed by atoms with E-state index in [-0.39, 0.29) is 0 Å². The molecule has 0 saturated heterocycles. The number of nitrogens with one attached hydrogen (secondary N) is 2. The zero-order chi connectivity index (χ0) is 13.1. The van der Waals surface area contributed by atoms with Gasteiger partial charge in [0.05, 0.1) is 5.69 Å². The highest BCUT2D eigenvalue weighted by Gasteiger charge is 2.16. The van der Waals surface area contributed by atoms with Crippen molar-refractivity contribution in [1.29, 1.82) is 0 Å². The minimum atomic E-state index is 0.331. The molecule has 3 rings (SSSR count). The van der Waals surface area contributed by atoms with Crippen LogP contribution in [0.15, 0.2) is 30.3 Å². The number of hydrogen-bond acceptors (Lipinski definition) is 5. The van der Waals surface area contributed by atoms with Crippen LogP contribution in [-0.2, 0) is 19.5 Å². The van der Waals surface area contributed by atoms with Crippen LogP contribution in [0.5, 0.6) is 0 Å². The molecular formula is C14H17N5. The van der Waals surface area contributed by atoms with Crippen molar-refractivity contribution in [3.8, 4) is 0 Å². The van der Waals surface area contributed by atoms with Gasteiger partial charge >= 0.3 is 0 Å². The summed E-state index contributed by atoms with van der Waals surface area (Å²) in [6, 6.07) is 10.3. The second-order valence-electron chi connectivity index (χ2n) is 4.62. The second kappa shape index (κ2) is 5.24. The Kier molecular flexibility index (Phi) is 3.29. The van der Waals surface area contributed by atoms with Crippen LogP contribution in [0.3, 0.4) is 0 Å². The van der Waals surface area contributed by atoms with Gasteiger partial charge in [-0.3, -0.25) is 0 Å². The molecule has 1 aliphatic heterocycles. The topological polar surface area (TPSA) is 75.9 Å². The average molecular weight is 255 g/mol. The Bertz CT molecular complexity index is 568. The third-order valence-corrected chi connectivity index (χ3v) is 3.26. The minimum absolute atomic E-state index is 0.331. The van der Waals surface area contributed by atoms with Gasteiger partial charge in [-0.1, -0.05) is 30.3 Å². The van der Waals surface area contributed by atoms with Crippen molar-refractivity contribution in [1.82, 2.24) is 15.3 Å². The zero-order valence-corrected chi connectivity index (χ0v) is 10.7. The van der Waals surface area contributed by atoms with Crippen LogP contribution in [-0.4, -0.2) is 16.5 Å². The third kappa shape index (κ3) is 2.66. The van der Waals surface area contributed by atoms with Crippen LogP contribution in [0.2, 0.25) is 0 Å². The van der Waals surface area contributed by atoms with E-state index in [4.69, 9.17) is 5.73 Å². The highest BCUT2D eigenvalue weighted by Crippen LogP contribution is 2.21. The third-order valence-electron chi connectivity index (χ3n) is 3.26. The molecule has 0 saturated carbocycles. The van der Waals surface area contributed by atoms with Crippen molar-refractivity contribution >= 4 is 11.8 Å². The van der Waals surface area contributed by atoms with Gasteiger partial charge in [-0.05, 0) is 18.5 Å². The quantitative estimate of drug-likeness (QED) is 0.771. The molecule has 0 amide bonds. The number of nitrogens with two attached hydrogens (primary N) is 1. The molecular weight excluding hydrogens is 238 g/mol. The SMILES string of the molecule is Nc1nc2c(c(NCc3ccccc3)n1)CCNC2. The molecule has 0 atom stereocenters. The Hall–Kier alpha value is -2.14. The number of nitrogens with zero attached hydrogens (tertiary/aromatic N) is 2. The predicted octanol–water partition coefficient (Wildman–Crippen LogP) is 1.32. The van der Waals surface area contributed by atoms with E-state index >= 15 is 0 Å². The summed E-state index contributed by atoms with van der Waals surface area (Å²) < 4.78 is 0. The molecule has 0 fully saturated rings. The molecule has 0 spiro atoms. The molecule has 5 heteroatoms. The second-order valence-corrected chi connectivity index (χ2v) is 4.62. The normalized spacial score (nSPS) is 13.9. The maximum absolute atomic E-state index is 5.76. The van der Waals surface area contributed by atoms with Crippen LogP contribution >= 0.6 is 0 Å². The molecule has 19 heavy (non-hydrogen) atoms. The molecule has 0 radical (unpaired) electrons. The lowest BCUT2D eigenvalue weighted by Gasteiger charge is -2.19. The number of nitrogen functional groups attached to an aromatic ring is 1. The largest absolute Gasteiger partial charge is 0.368 e. The van der Waals surface area contributed by atoms with E-state index in [2.05, 4.69) is 32.7 Å². The Labute approximate surface area is 112 Å². The summed E-state index contributed by atoms with van der Waals surface area (Å²) in [7, 11) is 0. The molecule has 2 heterocycles. The summed E-state index contributed by atoms with van der Waals surface area (Å²) in [5.41, 5.74) is 9.18. The maximum atomic E-state index is 5.76. The van der Waals surface area contributed by atoms with Crippen LogP contribution in [0.1, 0.15) is 16.8 Å². The Morgan fingerprint density at radius 2 is 2.05 bits per heavy atom. The van der Waals surface area contributed by atoms with Gasteiger partial charge in [0.1, 0.15) is 5.82 Å². The first-order chi connectivity index (χ1) is 9.33. The summed E-state index contributed by atoms with van der Waals surface area (Å²) in [6.45, 7) is 2.47.